The van der Waals surface area contributed by atoms with Gasteiger partial charge in [0.05, 0.1) is 26.4 Å². The van der Waals surface area contributed by atoms with Crippen molar-refractivity contribution < 1.29 is 80.2 Å². The summed E-state index contributed by atoms with van der Waals surface area (Å²) in [5.74, 6) is -1.25. The molecule has 0 saturated carbocycles. The highest BCUT2D eigenvalue weighted by atomic mass is 31.2. The van der Waals surface area contributed by atoms with E-state index in [0.29, 0.717) is 25.7 Å². The number of phosphoric ester groups is 2. The van der Waals surface area contributed by atoms with Crippen LogP contribution < -0.4 is 0 Å². The molecule has 17 nitrogen and oxygen atoms in total. The van der Waals surface area contributed by atoms with E-state index in [9.17, 15) is 43.2 Å². The summed E-state index contributed by atoms with van der Waals surface area (Å²) in [4.78, 5) is 73.0. The first-order valence-electron chi connectivity index (χ1n) is 43.2. The number of hydrogen-bond donors (Lipinski definition) is 3. The first-order valence-corrected chi connectivity index (χ1v) is 46.2. The SMILES string of the molecule is CCCCCCCCCCCCCCCCCCCCCCCCC(=O)O[C@H](COC(=O)CCCCCCCCCCCCCCCCC(C)CC)COP(=O)(O)OC[C@@H](O)COP(=O)(O)OC[C@@H](COC(=O)CCCCCCCCCCCCC)OC(=O)CCCCCCCCCCCCC. The van der Waals surface area contributed by atoms with Gasteiger partial charge in [0, 0.05) is 25.7 Å². The van der Waals surface area contributed by atoms with E-state index in [-0.39, 0.29) is 25.7 Å². The van der Waals surface area contributed by atoms with Crippen LogP contribution >= 0.6 is 15.6 Å². The molecule has 3 unspecified atom stereocenters. The predicted molar refractivity (Wildman–Crippen MR) is 418 cm³/mol. The second-order valence-electron chi connectivity index (χ2n) is 30.1. The summed E-state index contributed by atoms with van der Waals surface area (Å²) >= 11 is 0. The summed E-state index contributed by atoms with van der Waals surface area (Å²) in [6, 6.07) is 0. The number of hydrogen-bond acceptors (Lipinski definition) is 15. The third-order valence-corrected chi connectivity index (χ3v) is 21.8. The third kappa shape index (κ3) is 74.9. The second-order valence-corrected chi connectivity index (χ2v) is 33.0. The van der Waals surface area contributed by atoms with Gasteiger partial charge in [-0.3, -0.25) is 37.3 Å². The van der Waals surface area contributed by atoms with Crippen LogP contribution in [0.3, 0.4) is 0 Å². The van der Waals surface area contributed by atoms with Crippen molar-refractivity contribution in [1.29, 1.82) is 0 Å². The van der Waals surface area contributed by atoms with Gasteiger partial charge in [0.15, 0.2) is 12.2 Å². The average molecular weight is 1490 g/mol. The van der Waals surface area contributed by atoms with Crippen LogP contribution in [0.25, 0.3) is 0 Å². The van der Waals surface area contributed by atoms with Crippen molar-refractivity contribution in [2.45, 2.75) is 464 Å². The van der Waals surface area contributed by atoms with E-state index < -0.39 is 97.5 Å². The quantitative estimate of drug-likeness (QED) is 0.0222. The molecule has 0 saturated heterocycles. The van der Waals surface area contributed by atoms with Crippen molar-refractivity contribution in [1.82, 2.24) is 0 Å². The van der Waals surface area contributed by atoms with Gasteiger partial charge in [0.2, 0.25) is 0 Å². The van der Waals surface area contributed by atoms with Crippen LogP contribution in [0, 0.1) is 5.92 Å². The number of carbonyl (C=O) groups excluding carboxylic acids is 4. The topological polar surface area (TPSA) is 237 Å². The molecule has 0 rings (SSSR count). The highest BCUT2D eigenvalue weighted by Crippen LogP contribution is 2.45. The lowest BCUT2D eigenvalue weighted by Gasteiger charge is -2.21. The number of unbranched alkanes of at least 4 members (excludes halogenated alkanes) is 54. The van der Waals surface area contributed by atoms with Crippen LogP contribution in [0.1, 0.15) is 446 Å². The predicted octanol–water partition coefficient (Wildman–Crippen LogP) is 25.2. The van der Waals surface area contributed by atoms with Crippen LogP contribution in [0.5, 0.6) is 0 Å². The number of ether oxygens (including phenoxy) is 4. The van der Waals surface area contributed by atoms with Crippen LogP contribution in [-0.2, 0) is 65.4 Å². The van der Waals surface area contributed by atoms with Crippen LogP contribution in [0.2, 0.25) is 0 Å². The Morgan fingerprint density at radius 3 is 0.696 bits per heavy atom. The van der Waals surface area contributed by atoms with Crippen LogP contribution in [-0.4, -0.2) is 96.7 Å². The molecular weight excluding hydrogens is 1330 g/mol. The lowest BCUT2D eigenvalue weighted by molar-refractivity contribution is -0.161. The maximum Gasteiger partial charge on any atom is 0.472 e. The fraction of sp³-hybridized carbons (Fsp3) is 0.952. The molecule has 0 aromatic rings. The molecule has 0 amide bonds. The average Bonchev–Trinajstić information content (AvgIpc) is 1.06. The minimum Gasteiger partial charge on any atom is -0.462 e. The highest BCUT2D eigenvalue weighted by molar-refractivity contribution is 7.47. The van der Waals surface area contributed by atoms with Gasteiger partial charge in [-0.05, 0) is 31.6 Å². The normalized spacial score (nSPS) is 14.1. The minimum atomic E-state index is -4.96. The Balaban J connectivity index is 5.20. The molecule has 0 aliphatic carbocycles. The smallest absolute Gasteiger partial charge is 0.462 e. The fourth-order valence-corrected chi connectivity index (χ4v) is 14.5. The van der Waals surface area contributed by atoms with Crippen molar-refractivity contribution in [3.05, 3.63) is 0 Å². The Hall–Kier alpha value is -1.94. The standard InChI is InChI=1S/C83H162O17P2/c1-6-10-13-16-19-22-25-26-27-28-29-30-31-32-33-34-39-44-49-54-59-64-69-83(88)100-79(73-94-81(86)67-62-57-52-47-43-38-36-35-37-42-45-50-55-60-65-76(5)9-4)75-98-102(91,92)96-71-77(84)70-95-101(89,90)97-74-78(99-82(87)68-63-58-53-48-41-24-21-18-15-12-8-3)72-93-80(85)66-61-56-51-46-40-23-20-17-14-11-7-2/h76-79,84H,6-75H2,1-5H3,(H,89,90)(H,91,92)/t76?,77-,78+,79+/m0/s1. The molecule has 0 bridgehead atoms. The molecule has 6 atom stereocenters. The Labute approximate surface area is 626 Å². The Bertz CT molecular complexity index is 1950. The van der Waals surface area contributed by atoms with Crippen molar-refractivity contribution in [3.63, 3.8) is 0 Å². The molecule has 3 N–H and O–H groups in total. The number of carbonyl (C=O) groups is 4. The van der Waals surface area contributed by atoms with Gasteiger partial charge in [-0.1, -0.05) is 394 Å². The second kappa shape index (κ2) is 75.9. The van der Waals surface area contributed by atoms with Crippen LogP contribution in [0.15, 0.2) is 0 Å². The summed E-state index contributed by atoms with van der Waals surface area (Å²) in [6.07, 6.45) is 68.0. The van der Waals surface area contributed by atoms with E-state index >= 15 is 0 Å². The third-order valence-electron chi connectivity index (χ3n) is 19.9. The van der Waals surface area contributed by atoms with Crippen LogP contribution in [0.4, 0.5) is 0 Å². The van der Waals surface area contributed by atoms with Gasteiger partial charge in [0.1, 0.15) is 19.3 Å². The zero-order valence-corrected chi connectivity index (χ0v) is 68.5. The van der Waals surface area contributed by atoms with E-state index in [1.54, 1.807) is 0 Å². The van der Waals surface area contributed by atoms with Crippen molar-refractivity contribution in [3.8, 4) is 0 Å². The Morgan fingerprint density at radius 1 is 0.275 bits per heavy atom. The molecule has 0 spiro atoms. The molecule has 0 aliphatic heterocycles. The maximum atomic E-state index is 13.1. The number of rotatable bonds is 83. The highest BCUT2D eigenvalue weighted by Gasteiger charge is 2.30. The molecule has 19 heteroatoms. The molecule has 0 aliphatic rings. The van der Waals surface area contributed by atoms with Gasteiger partial charge in [-0.15, -0.1) is 0 Å². The summed E-state index contributed by atoms with van der Waals surface area (Å²) in [7, 11) is -9.92. The summed E-state index contributed by atoms with van der Waals surface area (Å²) in [6.45, 7) is 7.39. The van der Waals surface area contributed by atoms with Gasteiger partial charge in [0.25, 0.3) is 0 Å². The summed E-state index contributed by atoms with van der Waals surface area (Å²) < 4.78 is 68.7. The van der Waals surface area contributed by atoms with Crippen molar-refractivity contribution >= 4 is 39.5 Å². The summed E-state index contributed by atoms with van der Waals surface area (Å²) in [5, 5.41) is 10.6. The monoisotopic (exact) mass is 1490 g/mol. The molecule has 102 heavy (non-hydrogen) atoms. The van der Waals surface area contributed by atoms with Gasteiger partial charge in [-0.2, -0.15) is 0 Å². The zero-order valence-electron chi connectivity index (χ0n) is 66.8. The number of aliphatic hydroxyl groups excluding tert-OH is 1. The van der Waals surface area contributed by atoms with E-state index in [2.05, 4.69) is 34.6 Å². The summed E-state index contributed by atoms with van der Waals surface area (Å²) in [5.41, 5.74) is 0. The first-order chi connectivity index (χ1) is 49.6. The zero-order chi connectivity index (χ0) is 74.8. The van der Waals surface area contributed by atoms with E-state index in [1.807, 2.05) is 0 Å². The molecular formula is C83H162O17P2. The Morgan fingerprint density at radius 2 is 0.471 bits per heavy atom. The minimum absolute atomic E-state index is 0.108. The largest absolute Gasteiger partial charge is 0.472 e. The molecule has 0 heterocycles. The fourth-order valence-electron chi connectivity index (χ4n) is 12.9. The molecule has 606 valence electrons. The number of aliphatic hydroxyl groups is 1. The maximum absolute atomic E-state index is 13.1. The van der Waals surface area contributed by atoms with Crippen molar-refractivity contribution in [2.24, 2.45) is 5.92 Å². The van der Waals surface area contributed by atoms with Gasteiger partial charge in [-0.25, -0.2) is 9.13 Å². The Kier molecular flexibility index (Phi) is 74.4. The lowest BCUT2D eigenvalue weighted by atomic mass is 9.99. The molecule has 0 fully saturated rings. The van der Waals surface area contributed by atoms with E-state index in [4.69, 9.17) is 37.0 Å². The molecule has 0 aromatic carbocycles. The van der Waals surface area contributed by atoms with Gasteiger partial charge >= 0.3 is 39.5 Å². The van der Waals surface area contributed by atoms with E-state index in [1.165, 1.54) is 270 Å². The van der Waals surface area contributed by atoms with E-state index in [0.717, 1.165) is 95.8 Å². The lowest BCUT2D eigenvalue weighted by Crippen LogP contribution is -2.30. The number of esters is 4. The molecule has 0 radical (unpaired) electrons. The number of phosphoric acid groups is 2. The van der Waals surface area contributed by atoms with Crippen molar-refractivity contribution in [2.75, 3.05) is 39.6 Å². The van der Waals surface area contributed by atoms with Gasteiger partial charge < -0.3 is 33.8 Å². The first kappa shape index (κ1) is 100. The molecule has 0 aromatic heterocycles.